The van der Waals surface area contributed by atoms with Crippen molar-refractivity contribution in [1.82, 2.24) is 0 Å². The van der Waals surface area contributed by atoms with Crippen LogP contribution in [0, 0.1) is 0 Å². The lowest BCUT2D eigenvalue weighted by molar-refractivity contribution is 0.617. The molecule has 4 atom stereocenters. The maximum atomic E-state index is 3.78. The first-order valence-corrected chi connectivity index (χ1v) is 9.49. The predicted octanol–water partition coefficient (Wildman–Crippen LogP) is 5.95. The van der Waals surface area contributed by atoms with E-state index in [-0.39, 0.29) is 0 Å². The van der Waals surface area contributed by atoms with Gasteiger partial charge in [0.15, 0.2) is 0 Å². The van der Waals surface area contributed by atoms with E-state index in [1.807, 2.05) is 0 Å². The van der Waals surface area contributed by atoms with Gasteiger partial charge in [0.05, 0.1) is 0 Å². The monoisotopic (exact) mass is 478 g/mol. The maximum absolute atomic E-state index is 3.78. The Balaban J connectivity index is 2.52. The lowest BCUT2D eigenvalue weighted by atomic mass is 10.0. The average Bonchev–Trinajstić information content (AvgIpc) is 2.27. The smallest absolute Gasteiger partial charge is 0.0274 e. The van der Waals surface area contributed by atoms with Crippen molar-refractivity contribution in [3.63, 3.8) is 0 Å². The Morgan fingerprint density at radius 1 is 0.562 bits per heavy atom. The Morgan fingerprint density at radius 2 is 0.875 bits per heavy atom. The third-order valence-electron chi connectivity index (χ3n) is 2.89. The number of halogens is 4. The molecule has 0 aromatic carbocycles. The van der Waals surface area contributed by atoms with Gasteiger partial charge in [0.2, 0.25) is 0 Å². The second-order valence-corrected chi connectivity index (χ2v) is 8.97. The fourth-order valence-corrected chi connectivity index (χ4v) is 3.90. The summed E-state index contributed by atoms with van der Waals surface area (Å²) >= 11 is 15.1. The molecule has 0 heterocycles. The first kappa shape index (κ1) is 15.7. The zero-order valence-corrected chi connectivity index (χ0v) is 15.6. The fraction of sp³-hybridized carbons (Fsp3) is 0.833. The minimum atomic E-state index is 0.583. The van der Waals surface area contributed by atoms with Crippen molar-refractivity contribution in [1.29, 1.82) is 0 Å². The number of allylic oxidation sites excluding steroid dienone is 2. The van der Waals surface area contributed by atoms with Crippen LogP contribution >= 0.6 is 63.7 Å². The fourth-order valence-electron chi connectivity index (χ4n) is 1.79. The Bertz CT molecular complexity index is 195. The average molecular weight is 482 g/mol. The van der Waals surface area contributed by atoms with Gasteiger partial charge in [0.1, 0.15) is 0 Å². The van der Waals surface area contributed by atoms with E-state index in [0.29, 0.717) is 19.3 Å². The van der Waals surface area contributed by atoms with Crippen LogP contribution in [0.25, 0.3) is 0 Å². The molecule has 94 valence electrons. The standard InChI is InChI=1S/C12H18Br4/c13-9-5-3-1-2-4-6-10(14)12(16)8-7-11(9)15/h1-2,9-12H,3-8H2/b2-1+/t9-,10-,11-,12+/m1/s1. The van der Waals surface area contributed by atoms with Crippen LogP contribution in [-0.4, -0.2) is 19.3 Å². The topological polar surface area (TPSA) is 0 Å². The molecule has 0 bridgehead atoms. The van der Waals surface area contributed by atoms with Gasteiger partial charge in [-0.25, -0.2) is 0 Å². The quantitative estimate of drug-likeness (QED) is 0.296. The van der Waals surface area contributed by atoms with Crippen LogP contribution in [0.3, 0.4) is 0 Å². The van der Waals surface area contributed by atoms with Gasteiger partial charge in [-0.2, -0.15) is 0 Å². The van der Waals surface area contributed by atoms with E-state index in [9.17, 15) is 0 Å². The maximum Gasteiger partial charge on any atom is 0.0274 e. The molecular weight excluding hydrogens is 464 g/mol. The van der Waals surface area contributed by atoms with Gasteiger partial charge in [0, 0.05) is 19.3 Å². The van der Waals surface area contributed by atoms with Crippen LogP contribution in [0.5, 0.6) is 0 Å². The number of hydrogen-bond donors (Lipinski definition) is 0. The van der Waals surface area contributed by atoms with E-state index in [1.54, 1.807) is 0 Å². The van der Waals surface area contributed by atoms with Crippen LogP contribution in [0.1, 0.15) is 38.5 Å². The SMILES string of the molecule is Br[C@@H]1CC/C=C/CC[C@@H](Br)[C@@H](Br)CC[C@H]1Br. The molecule has 0 unspecified atom stereocenters. The lowest BCUT2D eigenvalue weighted by Gasteiger charge is -2.21. The van der Waals surface area contributed by atoms with Crippen LogP contribution < -0.4 is 0 Å². The molecule has 0 spiro atoms. The van der Waals surface area contributed by atoms with Gasteiger partial charge < -0.3 is 0 Å². The molecule has 0 amide bonds. The summed E-state index contributed by atoms with van der Waals surface area (Å²) in [7, 11) is 0. The van der Waals surface area contributed by atoms with Crippen molar-refractivity contribution in [3.05, 3.63) is 12.2 Å². The van der Waals surface area contributed by atoms with Crippen molar-refractivity contribution in [2.45, 2.75) is 57.8 Å². The molecule has 0 N–H and O–H groups in total. The molecule has 4 heteroatoms. The molecule has 0 nitrogen and oxygen atoms in total. The molecule has 1 aliphatic carbocycles. The summed E-state index contributed by atoms with van der Waals surface area (Å²) < 4.78 is 0. The van der Waals surface area contributed by atoms with E-state index in [1.165, 1.54) is 38.5 Å². The van der Waals surface area contributed by atoms with Gasteiger partial charge in [-0.3, -0.25) is 0 Å². The summed E-state index contributed by atoms with van der Waals surface area (Å²) in [4.78, 5) is 2.34. The summed E-state index contributed by atoms with van der Waals surface area (Å²) in [5, 5.41) is 0. The lowest BCUT2D eigenvalue weighted by Crippen LogP contribution is -2.19. The molecule has 16 heavy (non-hydrogen) atoms. The zero-order valence-electron chi connectivity index (χ0n) is 9.22. The third kappa shape index (κ3) is 6.01. The van der Waals surface area contributed by atoms with Crippen molar-refractivity contribution < 1.29 is 0 Å². The Kier molecular flexibility index (Phi) is 8.55. The van der Waals surface area contributed by atoms with Crippen LogP contribution in [0.4, 0.5) is 0 Å². The van der Waals surface area contributed by atoms with Crippen LogP contribution in [0.2, 0.25) is 0 Å². The Hall–Kier alpha value is 1.66. The molecule has 0 aromatic rings. The molecule has 0 saturated carbocycles. The van der Waals surface area contributed by atoms with Gasteiger partial charge >= 0.3 is 0 Å². The molecule has 0 aliphatic heterocycles. The predicted molar refractivity (Wildman–Crippen MR) is 87.7 cm³/mol. The summed E-state index contributed by atoms with van der Waals surface area (Å²) in [5.74, 6) is 0. The molecule has 0 radical (unpaired) electrons. The van der Waals surface area contributed by atoms with E-state index < -0.39 is 0 Å². The van der Waals surface area contributed by atoms with Crippen molar-refractivity contribution in [2.75, 3.05) is 0 Å². The highest BCUT2D eigenvalue weighted by atomic mass is 79.9. The largest absolute Gasteiger partial charge is 0.0885 e. The minimum Gasteiger partial charge on any atom is -0.0885 e. The Labute approximate surface area is 133 Å². The van der Waals surface area contributed by atoms with Crippen molar-refractivity contribution in [3.8, 4) is 0 Å². The summed E-state index contributed by atoms with van der Waals surface area (Å²) in [6, 6.07) is 0. The highest BCUT2D eigenvalue weighted by Crippen LogP contribution is 2.29. The number of alkyl halides is 4. The van der Waals surface area contributed by atoms with E-state index >= 15 is 0 Å². The van der Waals surface area contributed by atoms with Crippen LogP contribution in [0.15, 0.2) is 12.2 Å². The number of rotatable bonds is 0. The normalized spacial score (nSPS) is 40.8. The van der Waals surface area contributed by atoms with E-state index in [4.69, 9.17) is 0 Å². The number of hydrogen-bond acceptors (Lipinski definition) is 0. The summed E-state index contributed by atoms with van der Waals surface area (Å²) in [6.45, 7) is 0. The highest BCUT2D eigenvalue weighted by molar-refractivity contribution is 9.12. The first-order valence-electron chi connectivity index (χ1n) is 5.82. The second-order valence-electron chi connectivity index (χ2n) is 4.27. The Morgan fingerprint density at radius 3 is 1.25 bits per heavy atom. The molecule has 1 aliphatic rings. The molecule has 1 rings (SSSR count). The molecule has 0 aromatic heterocycles. The van der Waals surface area contributed by atoms with Gasteiger partial charge in [0.25, 0.3) is 0 Å². The van der Waals surface area contributed by atoms with Crippen LogP contribution in [-0.2, 0) is 0 Å². The second kappa shape index (κ2) is 8.71. The van der Waals surface area contributed by atoms with Crippen molar-refractivity contribution >= 4 is 63.7 Å². The van der Waals surface area contributed by atoms with E-state index in [0.717, 1.165) is 0 Å². The molecule has 0 fully saturated rings. The minimum absolute atomic E-state index is 0.583. The van der Waals surface area contributed by atoms with Crippen molar-refractivity contribution in [2.24, 2.45) is 0 Å². The molecular formula is C12H18Br4. The first-order chi connectivity index (χ1) is 7.61. The third-order valence-corrected chi connectivity index (χ3v) is 8.69. The van der Waals surface area contributed by atoms with Gasteiger partial charge in [-0.15, -0.1) is 0 Å². The van der Waals surface area contributed by atoms with Gasteiger partial charge in [-0.05, 0) is 38.5 Å². The highest BCUT2D eigenvalue weighted by Gasteiger charge is 2.20. The van der Waals surface area contributed by atoms with E-state index in [2.05, 4.69) is 75.9 Å². The zero-order chi connectivity index (χ0) is 12.0. The summed E-state index contributed by atoms with van der Waals surface area (Å²) in [5.41, 5.74) is 0. The summed E-state index contributed by atoms with van der Waals surface area (Å²) in [6.07, 6.45) is 11.9. The molecule has 0 saturated heterocycles. The van der Waals surface area contributed by atoms with Gasteiger partial charge in [-0.1, -0.05) is 75.9 Å².